The van der Waals surface area contributed by atoms with Crippen molar-refractivity contribution in [3.63, 3.8) is 0 Å². The Bertz CT molecular complexity index is 1210. The molecule has 0 fully saturated rings. The van der Waals surface area contributed by atoms with Crippen molar-refractivity contribution < 1.29 is 18.7 Å². The molecule has 1 atom stereocenters. The van der Waals surface area contributed by atoms with Crippen LogP contribution in [0, 0.1) is 17.2 Å². The first-order chi connectivity index (χ1) is 16.5. The number of nitrogens with zero attached hydrogens (tertiary/aromatic N) is 2. The zero-order valence-electron chi connectivity index (χ0n) is 19.7. The quantitative estimate of drug-likeness (QED) is 0.253. The second-order valence-electron chi connectivity index (χ2n) is 8.26. The molecule has 0 saturated carbocycles. The molecule has 3 aromatic rings. The number of benzene rings is 1. The third-order valence-electron chi connectivity index (χ3n) is 5.73. The maximum Gasteiger partial charge on any atom is 0.344 e. The van der Waals surface area contributed by atoms with Crippen molar-refractivity contribution in [2.45, 2.75) is 52.4 Å². The number of ether oxygens (including phenoxy) is 2. The molecule has 2 heterocycles. The van der Waals surface area contributed by atoms with Gasteiger partial charge in [0, 0.05) is 23.2 Å². The molecule has 0 aliphatic rings. The fourth-order valence-electron chi connectivity index (χ4n) is 3.47. The SMILES string of the molecule is CCC(C)C(=O)OCCCCCCCOc1cc2oc(=O)c(-c3ccccc3C#N)cc2cn1. The van der Waals surface area contributed by atoms with Gasteiger partial charge >= 0.3 is 11.6 Å². The van der Waals surface area contributed by atoms with E-state index in [2.05, 4.69) is 11.1 Å². The maximum atomic E-state index is 12.5. The highest BCUT2D eigenvalue weighted by Crippen LogP contribution is 2.25. The molecule has 178 valence electrons. The molecule has 0 aliphatic heterocycles. The third-order valence-corrected chi connectivity index (χ3v) is 5.73. The Hall–Kier alpha value is -3.66. The number of pyridine rings is 1. The highest BCUT2D eigenvalue weighted by atomic mass is 16.5. The lowest BCUT2D eigenvalue weighted by atomic mass is 10.0. The molecule has 0 saturated heterocycles. The van der Waals surface area contributed by atoms with E-state index >= 15 is 0 Å². The maximum absolute atomic E-state index is 12.5. The number of esters is 1. The number of hydrogen-bond donors (Lipinski definition) is 0. The highest BCUT2D eigenvalue weighted by molar-refractivity contribution is 5.82. The summed E-state index contributed by atoms with van der Waals surface area (Å²) in [4.78, 5) is 28.5. The molecule has 0 aliphatic carbocycles. The van der Waals surface area contributed by atoms with Crippen LogP contribution in [0.2, 0.25) is 0 Å². The average molecular weight is 463 g/mol. The zero-order valence-corrected chi connectivity index (χ0v) is 19.7. The lowest BCUT2D eigenvalue weighted by molar-refractivity contribution is -0.148. The zero-order chi connectivity index (χ0) is 24.3. The van der Waals surface area contributed by atoms with Crippen LogP contribution in [-0.2, 0) is 9.53 Å². The summed E-state index contributed by atoms with van der Waals surface area (Å²) in [5.41, 5.74) is 1.15. The van der Waals surface area contributed by atoms with E-state index in [9.17, 15) is 14.9 Å². The van der Waals surface area contributed by atoms with E-state index in [1.54, 1.807) is 42.6 Å². The summed E-state index contributed by atoms with van der Waals surface area (Å²) in [5, 5.41) is 9.97. The van der Waals surface area contributed by atoms with Gasteiger partial charge in [-0.25, -0.2) is 9.78 Å². The molecule has 0 bridgehead atoms. The lowest BCUT2D eigenvalue weighted by Gasteiger charge is -2.09. The Balaban J connectivity index is 1.45. The van der Waals surface area contributed by atoms with E-state index in [-0.39, 0.29) is 11.9 Å². The second-order valence-corrected chi connectivity index (χ2v) is 8.26. The number of nitriles is 1. The van der Waals surface area contributed by atoms with E-state index in [0.29, 0.717) is 46.8 Å². The fraction of sp³-hybridized carbons (Fsp3) is 0.407. The number of rotatable bonds is 12. The van der Waals surface area contributed by atoms with Gasteiger partial charge in [-0.1, -0.05) is 51.3 Å². The molecule has 1 aromatic carbocycles. The summed E-state index contributed by atoms with van der Waals surface area (Å²) in [6.45, 7) is 4.86. The van der Waals surface area contributed by atoms with Crippen LogP contribution < -0.4 is 10.4 Å². The fourth-order valence-corrected chi connectivity index (χ4v) is 3.47. The van der Waals surface area contributed by atoms with Crippen LogP contribution >= 0.6 is 0 Å². The Morgan fingerprint density at radius 2 is 1.82 bits per heavy atom. The van der Waals surface area contributed by atoms with Gasteiger partial charge < -0.3 is 13.9 Å². The van der Waals surface area contributed by atoms with E-state index in [4.69, 9.17) is 13.9 Å². The van der Waals surface area contributed by atoms with Crippen LogP contribution in [0.3, 0.4) is 0 Å². The normalized spacial score (nSPS) is 11.7. The average Bonchev–Trinajstić information content (AvgIpc) is 2.86. The highest BCUT2D eigenvalue weighted by Gasteiger charge is 2.13. The van der Waals surface area contributed by atoms with E-state index in [1.807, 2.05) is 13.8 Å². The van der Waals surface area contributed by atoms with Gasteiger partial charge in [0.15, 0.2) is 0 Å². The lowest BCUT2D eigenvalue weighted by Crippen LogP contribution is -2.14. The monoisotopic (exact) mass is 462 g/mol. The number of carbonyl (C=O) groups excluding carboxylic acids is 1. The van der Waals surface area contributed by atoms with Crippen LogP contribution in [0.4, 0.5) is 0 Å². The first kappa shape index (κ1) is 25.0. The predicted octanol–water partition coefficient (Wildman–Crippen LogP) is 5.65. The molecule has 2 aromatic heterocycles. The first-order valence-corrected chi connectivity index (χ1v) is 11.8. The van der Waals surface area contributed by atoms with Crippen molar-refractivity contribution in [1.82, 2.24) is 4.98 Å². The minimum absolute atomic E-state index is 0.0313. The van der Waals surface area contributed by atoms with Gasteiger partial charge in [0.05, 0.1) is 36.3 Å². The van der Waals surface area contributed by atoms with E-state index in [1.165, 1.54) is 0 Å². The molecule has 0 N–H and O–H groups in total. The Labute approximate surface area is 199 Å². The summed E-state index contributed by atoms with van der Waals surface area (Å²) in [5.74, 6) is 0.256. The van der Waals surface area contributed by atoms with Crippen LogP contribution in [0.1, 0.15) is 57.9 Å². The predicted molar refractivity (Wildman–Crippen MR) is 129 cm³/mol. The molecule has 3 rings (SSSR count). The smallest absolute Gasteiger partial charge is 0.344 e. The largest absolute Gasteiger partial charge is 0.478 e. The summed E-state index contributed by atoms with van der Waals surface area (Å²) >= 11 is 0. The van der Waals surface area contributed by atoms with E-state index < -0.39 is 5.63 Å². The van der Waals surface area contributed by atoms with Crippen LogP contribution in [0.15, 0.2) is 51.8 Å². The number of hydrogen-bond acceptors (Lipinski definition) is 7. The summed E-state index contributed by atoms with van der Waals surface area (Å²) in [7, 11) is 0. The molecule has 7 nitrogen and oxygen atoms in total. The minimum atomic E-state index is -0.512. The van der Waals surface area contributed by atoms with Gasteiger partial charge in [-0.05, 0) is 31.4 Å². The van der Waals surface area contributed by atoms with Gasteiger partial charge in [-0.3, -0.25) is 4.79 Å². The molecule has 1 unspecified atom stereocenters. The summed E-state index contributed by atoms with van der Waals surface area (Å²) in [6.07, 6.45) is 7.20. The topological polar surface area (TPSA) is 102 Å². The molecular formula is C27H30N2O5. The molecule has 0 amide bonds. The van der Waals surface area contributed by atoms with Crippen molar-refractivity contribution in [2.75, 3.05) is 13.2 Å². The summed E-state index contributed by atoms with van der Waals surface area (Å²) in [6, 6.07) is 12.3. The Morgan fingerprint density at radius 1 is 1.09 bits per heavy atom. The number of unbranched alkanes of at least 4 members (excludes halogenated alkanes) is 4. The van der Waals surface area contributed by atoms with Crippen molar-refractivity contribution in [3.05, 3.63) is 58.6 Å². The van der Waals surface area contributed by atoms with Crippen molar-refractivity contribution in [3.8, 4) is 23.1 Å². The molecule has 0 spiro atoms. The van der Waals surface area contributed by atoms with Crippen molar-refractivity contribution in [1.29, 1.82) is 5.26 Å². The van der Waals surface area contributed by atoms with Gasteiger partial charge in [-0.15, -0.1) is 0 Å². The van der Waals surface area contributed by atoms with Crippen LogP contribution in [0.25, 0.3) is 22.1 Å². The minimum Gasteiger partial charge on any atom is -0.478 e. The molecule has 34 heavy (non-hydrogen) atoms. The summed E-state index contributed by atoms with van der Waals surface area (Å²) < 4.78 is 16.5. The second kappa shape index (κ2) is 12.5. The van der Waals surface area contributed by atoms with Gasteiger partial charge in [0.25, 0.3) is 0 Å². The molecule has 7 heteroatoms. The number of aromatic nitrogens is 1. The third kappa shape index (κ3) is 6.67. The molecule has 0 radical (unpaired) electrons. The van der Waals surface area contributed by atoms with Crippen LogP contribution in [0.5, 0.6) is 5.88 Å². The van der Waals surface area contributed by atoms with Gasteiger partial charge in [-0.2, -0.15) is 5.26 Å². The number of fused-ring (bicyclic) bond motifs is 1. The first-order valence-electron chi connectivity index (χ1n) is 11.8. The standard InChI is InChI=1S/C27H30N2O5/c1-3-19(2)26(30)33-14-10-6-4-5-9-13-32-25-16-24-21(18-29-25)15-23(27(31)34-24)22-12-8-7-11-20(22)17-28/h7-8,11-12,15-16,18-19H,3-6,9-10,13-14H2,1-2H3. The Morgan fingerprint density at radius 3 is 2.59 bits per heavy atom. The Kier molecular flexibility index (Phi) is 9.21. The number of carbonyl (C=O) groups is 1. The molecular weight excluding hydrogens is 432 g/mol. The van der Waals surface area contributed by atoms with Gasteiger partial charge in [0.2, 0.25) is 5.88 Å². The van der Waals surface area contributed by atoms with Gasteiger partial charge in [0.1, 0.15) is 5.58 Å². The van der Waals surface area contributed by atoms with Crippen LogP contribution in [-0.4, -0.2) is 24.2 Å². The van der Waals surface area contributed by atoms with Crippen molar-refractivity contribution in [2.24, 2.45) is 5.92 Å². The van der Waals surface area contributed by atoms with Crippen molar-refractivity contribution >= 4 is 16.9 Å². The van der Waals surface area contributed by atoms with E-state index in [0.717, 1.165) is 38.5 Å².